The molecule has 0 fully saturated rings. The van der Waals surface area contributed by atoms with Crippen molar-refractivity contribution >= 4 is 5.82 Å². The fourth-order valence-electron chi connectivity index (χ4n) is 1.07. The van der Waals surface area contributed by atoms with Gasteiger partial charge in [-0.25, -0.2) is 4.98 Å². The molecule has 0 saturated carbocycles. The summed E-state index contributed by atoms with van der Waals surface area (Å²) < 4.78 is 0.821. The third-order valence-corrected chi connectivity index (χ3v) is 1.62. The predicted molar refractivity (Wildman–Crippen MR) is 38.5 cm³/mol. The van der Waals surface area contributed by atoms with Crippen molar-refractivity contribution < 1.29 is 4.73 Å². The van der Waals surface area contributed by atoms with E-state index >= 15 is 0 Å². The minimum absolute atomic E-state index is 0.583. The third kappa shape index (κ3) is 0.988. The second-order valence-corrected chi connectivity index (χ2v) is 2.33. The van der Waals surface area contributed by atoms with Gasteiger partial charge in [0, 0.05) is 0 Å². The molecule has 1 aromatic heterocycles. The zero-order chi connectivity index (χ0) is 7.68. The number of hydrogen-bond donors (Lipinski definition) is 2. The van der Waals surface area contributed by atoms with Gasteiger partial charge in [-0.1, -0.05) is 0 Å². The van der Waals surface area contributed by atoms with Crippen LogP contribution in [0.3, 0.4) is 0 Å². The van der Waals surface area contributed by atoms with Crippen LogP contribution in [0.25, 0.3) is 0 Å². The summed E-state index contributed by atoms with van der Waals surface area (Å²) in [5, 5.41) is 17.0. The van der Waals surface area contributed by atoms with Gasteiger partial charge in [0.05, 0.1) is 19.4 Å². The Kier molecular flexibility index (Phi) is 1.36. The normalized spacial score (nSPS) is 15.3. The van der Waals surface area contributed by atoms with Crippen molar-refractivity contribution in [3.8, 4) is 0 Å². The van der Waals surface area contributed by atoms with E-state index in [-0.39, 0.29) is 0 Å². The van der Waals surface area contributed by atoms with Gasteiger partial charge in [-0.3, -0.25) is 5.32 Å². The molecule has 1 aliphatic rings. The highest BCUT2D eigenvalue weighted by Crippen LogP contribution is 2.07. The Hall–Kier alpha value is -1.36. The van der Waals surface area contributed by atoms with Gasteiger partial charge in [0.2, 0.25) is 5.69 Å². The third-order valence-electron chi connectivity index (χ3n) is 1.62. The molecular weight excluding hydrogens is 144 g/mol. The van der Waals surface area contributed by atoms with Crippen LogP contribution < -0.4 is 15.4 Å². The highest BCUT2D eigenvalue weighted by atomic mass is 16.5. The summed E-state index contributed by atoms with van der Waals surface area (Å²) in [5.41, 5.74) is 0.652. The lowest BCUT2D eigenvalue weighted by molar-refractivity contribution is -0.614. The van der Waals surface area contributed by atoms with Crippen LogP contribution in [0.15, 0.2) is 12.4 Å². The van der Waals surface area contributed by atoms with Gasteiger partial charge < -0.3 is 10.5 Å². The summed E-state index contributed by atoms with van der Waals surface area (Å²) in [7, 11) is 0. The van der Waals surface area contributed by atoms with Gasteiger partial charge in [-0.05, 0) is 0 Å². The molecule has 58 valence electrons. The first-order valence-corrected chi connectivity index (χ1v) is 3.39. The molecular formula is C6H8N4O. The predicted octanol–water partition coefficient (Wildman–Crippen LogP) is -0.812. The monoisotopic (exact) mass is 152 g/mol. The highest BCUT2D eigenvalue weighted by molar-refractivity contribution is 5.38. The van der Waals surface area contributed by atoms with Crippen molar-refractivity contribution in [3.05, 3.63) is 23.3 Å². The van der Waals surface area contributed by atoms with Crippen LogP contribution in [0.1, 0.15) is 5.69 Å². The summed E-state index contributed by atoms with van der Waals surface area (Å²) in [6.07, 6.45) is 2.89. The minimum atomic E-state index is 0.583. The zero-order valence-electron chi connectivity index (χ0n) is 5.87. The van der Waals surface area contributed by atoms with E-state index in [1.54, 1.807) is 0 Å². The van der Waals surface area contributed by atoms with Crippen LogP contribution in [-0.4, -0.2) is 11.7 Å². The van der Waals surface area contributed by atoms with E-state index in [1.807, 2.05) is 0 Å². The quantitative estimate of drug-likeness (QED) is 0.377. The molecule has 0 radical (unpaired) electrons. The number of fused-ring (bicyclic) bond motifs is 1. The van der Waals surface area contributed by atoms with Crippen LogP contribution in [0.5, 0.6) is 0 Å². The highest BCUT2D eigenvalue weighted by Gasteiger charge is 2.16. The van der Waals surface area contributed by atoms with Crippen LogP contribution in [0, 0.1) is 5.21 Å². The lowest BCUT2D eigenvalue weighted by atomic mass is 10.3. The second-order valence-electron chi connectivity index (χ2n) is 2.33. The number of hydrogen-bond acceptors (Lipinski definition) is 4. The molecule has 5 heteroatoms. The molecule has 2 heterocycles. The molecule has 0 atom stereocenters. The summed E-state index contributed by atoms with van der Waals surface area (Å²) in [6.45, 7) is 1.25. The first-order chi connectivity index (χ1) is 5.38. The maximum Gasteiger partial charge on any atom is 0.249 e. The van der Waals surface area contributed by atoms with Crippen LogP contribution in [0.2, 0.25) is 0 Å². The Morgan fingerprint density at radius 3 is 3.36 bits per heavy atom. The first kappa shape index (κ1) is 6.36. The number of anilines is 1. The van der Waals surface area contributed by atoms with Gasteiger partial charge in [0.15, 0.2) is 12.0 Å². The molecule has 1 aromatic rings. The molecule has 2 rings (SSSR count). The van der Waals surface area contributed by atoms with E-state index in [9.17, 15) is 5.21 Å². The maximum atomic E-state index is 11.1. The van der Waals surface area contributed by atoms with Crippen LogP contribution >= 0.6 is 0 Å². The Morgan fingerprint density at radius 1 is 1.64 bits per heavy atom. The largest absolute Gasteiger partial charge is 0.618 e. The molecule has 2 N–H and O–H groups in total. The smallest absolute Gasteiger partial charge is 0.249 e. The molecule has 0 saturated heterocycles. The lowest BCUT2D eigenvalue weighted by Gasteiger charge is -2.15. The number of nitrogens with zero attached hydrogens (tertiary/aromatic N) is 2. The molecule has 1 aliphatic heterocycles. The summed E-state index contributed by atoms with van der Waals surface area (Å²) >= 11 is 0. The van der Waals surface area contributed by atoms with Gasteiger partial charge in [0.1, 0.15) is 0 Å². The van der Waals surface area contributed by atoms with Crippen molar-refractivity contribution in [1.29, 1.82) is 0 Å². The zero-order valence-corrected chi connectivity index (χ0v) is 5.87. The number of rotatable bonds is 0. The lowest BCUT2D eigenvalue weighted by Crippen LogP contribution is -2.40. The SMILES string of the molecule is [O-][n+]1ccnc2c1CNCN2. The molecule has 11 heavy (non-hydrogen) atoms. The van der Waals surface area contributed by atoms with Gasteiger partial charge >= 0.3 is 0 Å². The maximum absolute atomic E-state index is 11.1. The van der Waals surface area contributed by atoms with E-state index < -0.39 is 0 Å². The van der Waals surface area contributed by atoms with Crippen molar-refractivity contribution in [2.75, 3.05) is 12.0 Å². The molecule has 0 aromatic carbocycles. The molecule has 5 nitrogen and oxygen atoms in total. The Labute approximate surface area is 63.7 Å². The molecule has 0 aliphatic carbocycles. The van der Waals surface area contributed by atoms with Gasteiger partial charge in [-0.15, -0.1) is 0 Å². The number of aromatic nitrogens is 2. The van der Waals surface area contributed by atoms with Crippen molar-refractivity contribution in [2.24, 2.45) is 0 Å². The van der Waals surface area contributed by atoms with Crippen molar-refractivity contribution in [2.45, 2.75) is 6.54 Å². The summed E-state index contributed by atoms with van der Waals surface area (Å²) in [4.78, 5) is 4.01. The van der Waals surface area contributed by atoms with Gasteiger partial charge in [0.25, 0.3) is 0 Å². The van der Waals surface area contributed by atoms with Crippen LogP contribution in [0.4, 0.5) is 5.82 Å². The molecule has 0 spiro atoms. The van der Waals surface area contributed by atoms with Crippen LogP contribution in [-0.2, 0) is 6.54 Å². The Balaban J connectivity index is 2.49. The van der Waals surface area contributed by atoms with Crippen molar-refractivity contribution in [3.63, 3.8) is 0 Å². The van der Waals surface area contributed by atoms with Gasteiger partial charge in [-0.2, -0.15) is 4.73 Å². The molecule has 0 bridgehead atoms. The van der Waals surface area contributed by atoms with E-state index in [1.165, 1.54) is 12.4 Å². The number of nitrogens with one attached hydrogen (secondary N) is 2. The second kappa shape index (κ2) is 2.35. The average molecular weight is 152 g/mol. The van der Waals surface area contributed by atoms with E-state index in [0.717, 1.165) is 4.73 Å². The van der Waals surface area contributed by atoms with E-state index in [4.69, 9.17) is 0 Å². The van der Waals surface area contributed by atoms with E-state index in [0.29, 0.717) is 24.7 Å². The molecule has 0 amide bonds. The minimum Gasteiger partial charge on any atom is -0.618 e. The standard InChI is InChI=1S/C6H8N4O/c11-10-2-1-8-6-5(10)3-7-4-9-6/h1-2,7H,3-4H2,(H,8,9). The average Bonchev–Trinajstić information content (AvgIpc) is 2.06. The Bertz CT molecular complexity index is 275. The first-order valence-electron chi connectivity index (χ1n) is 3.39. The van der Waals surface area contributed by atoms with Crippen molar-refractivity contribution in [1.82, 2.24) is 10.3 Å². The molecule has 0 unspecified atom stereocenters. The summed E-state index contributed by atoms with van der Waals surface area (Å²) in [6, 6.07) is 0. The fraction of sp³-hybridized carbons (Fsp3) is 0.333. The fourth-order valence-corrected chi connectivity index (χ4v) is 1.07. The summed E-state index contributed by atoms with van der Waals surface area (Å²) in [5.74, 6) is 0.682. The van der Waals surface area contributed by atoms with E-state index in [2.05, 4.69) is 15.6 Å². The topological polar surface area (TPSA) is 63.9 Å². The Morgan fingerprint density at radius 2 is 2.55 bits per heavy atom.